The third-order valence-electron chi connectivity index (χ3n) is 3.79. The number of hydrogen-bond donors (Lipinski definition) is 2. The van der Waals surface area contributed by atoms with E-state index in [0.29, 0.717) is 23.7 Å². The molecule has 4 aromatic rings. The van der Waals surface area contributed by atoms with Gasteiger partial charge < -0.3 is 14.2 Å². The van der Waals surface area contributed by atoms with Crippen LogP contribution in [0.25, 0.3) is 22.7 Å². The Balaban J connectivity index is 1.36. The summed E-state index contributed by atoms with van der Waals surface area (Å²) in [4.78, 5) is 20.4. The average Bonchev–Trinajstić information content (AvgIpc) is 3.36. The topological polar surface area (TPSA) is 93.2 Å². The Morgan fingerprint density at radius 3 is 2.70 bits per heavy atom. The molecule has 1 amide bonds. The largest absolute Gasteiger partial charge is 0.459 e. The number of rotatable bonds is 4. The number of nitrogens with zero attached hydrogens (tertiary/aromatic N) is 2. The van der Waals surface area contributed by atoms with E-state index in [1.54, 1.807) is 24.4 Å². The van der Waals surface area contributed by atoms with Crippen LogP contribution in [0.1, 0.15) is 16.1 Å². The van der Waals surface area contributed by atoms with Crippen molar-refractivity contribution in [1.29, 1.82) is 0 Å². The molecule has 0 saturated heterocycles. The molecule has 0 bridgehead atoms. The van der Waals surface area contributed by atoms with Crippen LogP contribution in [0.2, 0.25) is 0 Å². The summed E-state index contributed by atoms with van der Waals surface area (Å²) < 4.78 is 10.7. The maximum absolute atomic E-state index is 11.8. The Morgan fingerprint density at radius 2 is 1.96 bits per heavy atom. The van der Waals surface area contributed by atoms with Gasteiger partial charge in [0, 0.05) is 18.3 Å². The highest BCUT2D eigenvalue weighted by Crippen LogP contribution is 2.23. The van der Waals surface area contributed by atoms with Crippen molar-refractivity contribution >= 4 is 34.5 Å². The van der Waals surface area contributed by atoms with Gasteiger partial charge in [-0.15, -0.1) is 0 Å². The molecular weight excluding hydrogens is 364 g/mol. The van der Waals surface area contributed by atoms with Crippen molar-refractivity contribution in [2.75, 3.05) is 0 Å². The highest BCUT2D eigenvalue weighted by atomic mass is 32.1. The predicted molar refractivity (Wildman–Crippen MR) is 103 cm³/mol. The quantitative estimate of drug-likeness (QED) is 0.526. The molecular formula is C19H14N4O3S. The van der Waals surface area contributed by atoms with Gasteiger partial charge >= 0.3 is 0 Å². The predicted octanol–water partition coefficient (Wildman–Crippen LogP) is 3.29. The lowest BCUT2D eigenvalue weighted by molar-refractivity contribution is 0.0949. The number of oxazole rings is 1. The fourth-order valence-electron chi connectivity index (χ4n) is 2.46. The van der Waals surface area contributed by atoms with E-state index in [1.165, 1.54) is 6.26 Å². The van der Waals surface area contributed by atoms with Gasteiger partial charge in [-0.1, -0.05) is 12.1 Å². The maximum atomic E-state index is 11.8. The molecule has 0 saturated carbocycles. The minimum atomic E-state index is -0.391. The second kappa shape index (κ2) is 7.38. The zero-order chi connectivity index (χ0) is 18.6. The van der Waals surface area contributed by atoms with Crippen molar-refractivity contribution in [2.24, 2.45) is 0 Å². The molecule has 0 aliphatic carbocycles. The molecule has 27 heavy (non-hydrogen) atoms. The van der Waals surface area contributed by atoms with E-state index in [0.717, 1.165) is 11.1 Å². The van der Waals surface area contributed by atoms with E-state index in [2.05, 4.69) is 20.6 Å². The smallest absolute Gasteiger partial charge is 0.293 e. The molecule has 7 nitrogen and oxygen atoms in total. The van der Waals surface area contributed by atoms with Crippen LogP contribution in [0.5, 0.6) is 0 Å². The average molecular weight is 378 g/mol. The van der Waals surface area contributed by atoms with Crippen molar-refractivity contribution in [1.82, 2.24) is 20.6 Å². The summed E-state index contributed by atoms with van der Waals surface area (Å²) in [6, 6.07) is 14.5. The number of carbonyl (C=O) groups excluding carboxylic acids is 1. The molecule has 0 aliphatic rings. The van der Waals surface area contributed by atoms with Crippen LogP contribution in [0, 0.1) is 0 Å². The number of aromatic nitrogens is 2. The zero-order valence-electron chi connectivity index (χ0n) is 14.0. The molecule has 1 aromatic carbocycles. The lowest BCUT2D eigenvalue weighted by atomic mass is 10.1. The number of hydrogen-bond acceptors (Lipinski definition) is 6. The van der Waals surface area contributed by atoms with Gasteiger partial charge in [-0.3, -0.25) is 10.1 Å². The van der Waals surface area contributed by atoms with E-state index >= 15 is 0 Å². The van der Waals surface area contributed by atoms with Gasteiger partial charge in [-0.2, -0.15) is 4.98 Å². The van der Waals surface area contributed by atoms with Crippen LogP contribution >= 0.6 is 12.2 Å². The highest BCUT2D eigenvalue weighted by molar-refractivity contribution is 7.80. The number of furan rings is 1. The van der Waals surface area contributed by atoms with Gasteiger partial charge in [0.1, 0.15) is 0 Å². The third kappa shape index (κ3) is 3.85. The molecule has 0 unspecified atom stereocenters. The SMILES string of the molecule is O=C(NC(=S)NCc1ccc(-c2nc3ncccc3o2)cc1)c1ccco1. The van der Waals surface area contributed by atoms with Crippen LogP contribution in [0.4, 0.5) is 0 Å². The first-order valence-corrected chi connectivity index (χ1v) is 8.53. The maximum Gasteiger partial charge on any atom is 0.293 e. The Hall–Kier alpha value is -3.52. The van der Waals surface area contributed by atoms with Crippen LogP contribution in [0.15, 0.2) is 69.8 Å². The number of pyridine rings is 1. The Kier molecular flexibility index (Phi) is 4.63. The molecule has 0 atom stereocenters. The lowest BCUT2D eigenvalue weighted by Crippen LogP contribution is -2.38. The number of amides is 1. The van der Waals surface area contributed by atoms with Gasteiger partial charge in [0.25, 0.3) is 5.91 Å². The summed E-state index contributed by atoms with van der Waals surface area (Å²) in [5.41, 5.74) is 3.07. The summed E-state index contributed by atoms with van der Waals surface area (Å²) in [7, 11) is 0. The molecule has 4 rings (SSSR count). The molecule has 0 aliphatic heterocycles. The monoisotopic (exact) mass is 378 g/mol. The first kappa shape index (κ1) is 16.9. The van der Waals surface area contributed by atoms with Crippen molar-refractivity contribution in [3.05, 3.63) is 72.3 Å². The van der Waals surface area contributed by atoms with Gasteiger partial charge in [0.2, 0.25) is 5.89 Å². The van der Waals surface area contributed by atoms with Crippen molar-refractivity contribution in [3.63, 3.8) is 0 Å². The summed E-state index contributed by atoms with van der Waals surface area (Å²) in [6.45, 7) is 0.465. The Morgan fingerprint density at radius 1 is 1.11 bits per heavy atom. The molecule has 0 radical (unpaired) electrons. The second-order valence-electron chi connectivity index (χ2n) is 5.66. The first-order chi connectivity index (χ1) is 13.2. The van der Waals surface area contributed by atoms with Crippen molar-refractivity contribution in [2.45, 2.75) is 6.54 Å². The van der Waals surface area contributed by atoms with Crippen LogP contribution in [0.3, 0.4) is 0 Å². The number of nitrogens with one attached hydrogen (secondary N) is 2. The van der Waals surface area contributed by atoms with Crippen molar-refractivity contribution in [3.8, 4) is 11.5 Å². The van der Waals surface area contributed by atoms with Crippen LogP contribution in [-0.4, -0.2) is 21.0 Å². The normalized spacial score (nSPS) is 10.7. The second-order valence-corrected chi connectivity index (χ2v) is 6.06. The lowest BCUT2D eigenvalue weighted by Gasteiger charge is -2.08. The minimum absolute atomic E-state index is 0.205. The first-order valence-electron chi connectivity index (χ1n) is 8.12. The summed E-state index contributed by atoms with van der Waals surface area (Å²) in [6.07, 6.45) is 3.11. The Bertz CT molecular complexity index is 1050. The Labute approximate surface area is 159 Å². The van der Waals surface area contributed by atoms with Crippen LogP contribution < -0.4 is 10.6 Å². The molecule has 0 spiro atoms. The number of carbonyl (C=O) groups is 1. The zero-order valence-corrected chi connectivity index (χ0v) is 14.8. The van der Waals surface area contributed by atoms with Gasteiger partial charge in [0.15, 0.2) is 22.1 Å². The summed E-state index contributed by atoms with van der Waals surface area (Å²) in [5, 5.41) is 5.77. The number of fused-ring (bicyclic) bond motifs is 1. The van der Waals surface area contributed by atoms with E-state index in [-0.39, 0.29) is 10.9 Å². The molecule has 3 heterocycles. The molecule has 0 fully saturated rings. The van der Waals surface area contributed by atoms with E-state index in [1.807, 2.05) is 30.3 Å². The molecule has 8 heteroatoms. The van der Waals surface area contributed by atoms with E-state index in [9.17, 15) is 4.79 Å². The van der Waals surface area contributed by atoms with E-state index in [4.69, 9.17) is 21.1 Å². The van der Waals surface area contributed by atoms with Crippen LogP contribution in [-0.2, 0) is 6.54 Å². The molecule has 134 valence electrons. The molecule has 2 N–H and O–H groups in total. The molecule has 3 aromatic heterocycles. The minimum Gasteiger partial charge on any atom is -0.459 e. The van der Waals surface area contributed by atoms with Gasteiger partial charge in [-0.25, -0.2) is 4.98 Å². The van der Waals surface area contributed by atoms with Gasteiger partial charge in [-0.05, 0) is 54.2 Å². The number of thiocarbonyl (C=S) groups is 1. The van der Waals surface area contributed by atoms with Gasteiger partial charge in [0.05, 0.1) is 6.26 Å². The fraction of sp³-hybridized carbons (Fsp3) is 0.0526. The number of benzene rings is 1. The standard InChI is InChI=1S/C19H14N4O3S/c24-17(15-4-2-10-25-15)23-19(27)21-11-12-5-7-13(8-6-12)18-22-16-14(26-18)3-1-9-20-16/h1-10H,11H2,(H2,21,23,24,27). The highest BCUT2D eigenvalue weighted by Gasteiger charge is 2.11. The fourth-order valence-corrected chi connectivity index (χ4v) is 2.62. The summed E-state index contributed by atoms with van der Waals surface area (Å²) in [5.74, 6) is 0.332. The third-order valence-corrected chi connectivity index (χ3v) is 4.04. The van der Waals surface area contributed by atoms with E-state index < -0.39 is 5.91 Å². The summed E-state index contributed by atoms with van der Waals surface area (Å²) >= 11 is 5.13. The van der Waals surface area contributed by atoms with Crippen molar-refractivity contribution < 1.29 is 13.6 Å².